The van der Waals surface area contributed by atoms with Crippen molar-refractivity contribution in [3.63, 3.8) is 0 Å². The first kappa shape index (κ1) is 24.1. The summed E-state index contributed by atoms with van der Waals surface area (Å²) in [6.07, 6.45) is 5.47. The Morgan fingerprint density at radius 3 is 2.54 bits per heavy atom. The minimum atomic E-state index is -0.308. The van der Waals surface area contributed by atoms with Crippen LogP contribution in [0.4, 0.5) is 11.5 Å². The number of hydrogen-bond donors (Lipinski definition) is 2. The van der Waals surface area contributed by atoms with Gasteiger partial charge in [-0.3, -0.25) is 9.78 Å². The molecule has 3 fully saturated rings. The molecule has 1 aliphatic carbocycles. The second-order valence-corrected chi connectivity index (χ2v) is 11.0. The van der Waals surface area contributed by atoms with Crippen LogP contribution in [0.5, 0.6) is 0 Å². The van der Waals surface area contributed by atoms with Crippen molar-refractivity contribution in [1.29, 1.82) is 0 Å². The lowest BCUT2D eigenvalue weighted by Crippen LogP contribution is -2.51. The van der Waals surface area contributed by atoms with E-state index in [1.165, 1.54) is 5.69 Å². The lowest BCUT2D eigenvalue weighted by atomic mass is 10.1. The fourth-order valence-electron chi connectivity index (χ4n) is 5.19. The Morgan fingerprint density at radius 1 is 1.08 bits per heavy atom. The van der Waals surface area contributed by atoms with E-state index in [1.807, 2.05) is 11.0 Å². The van der Waals surface area contributed by atoms with Gasteiger partial charge in [-0.05, 0) is 38.0 Å². The number of pyridine rings is 1. The molecular weight excluding hydrogens is 466 g/mol. The fourth-order valence-corrected chi connectivity index (χ4v) is 5.19. The molecule has 2 N–H and O–H groups in total. The number of benzene rings is 1. The zero-order valence-corrected chi connectivity index (χ0v) is 21.7. The number of aromatic nitrogens is 3. The van der Waals surface area contributed by atoms with Crippen molar-refractivity contribution in [2.45, 2.75) is 32.3 Å². The summed E-state index contributed by atoms with van der Waals surface area (Å²) in [7, 11) is 0. The van der Waals surface area contributed by atoms with Crippen molar-refractivity contribution >= 4 is 28.4 Å². The normalized spacial score (nSPS) is 23.2. The Kier molecular flexibility index (Phi) is 6.20. The average molecular weight is 502 g/mol. The van der Waals surface area contributed by atoms with Gasteiger partial charge in [0.05, 0.1) is 23.4 Å². The molecule has 2 saturated heterocycles. The molecular formula is C28H35N7O2. The Balaban J connectivity index is 1.18. The minimum absolute atomic E-state index is 0.0905. The molecule has 194 valence electrons. The van der Waals surface area contributed by atoms with Crippen molar-refractivity contribution in [3.05, 3.63) is 42.7 Å². The molecule has 2 aliphatic heterocycles. The van der Waals surface area contributed by atoms with Crippen LogP contribution in [0.3, 0.4) is 0 Å². The number of nitrogens with zero attached hydrogens (tertiary/aromatic N) is 5. The standard InChI is InChI=1S/C28H35N7O2/c1-27(7-8-27)26(36)35-14-12-34(13-15-35)21-5-3-20(4-6-21)22-17-23-24(31-10-9-30-23)25(33-22)32-19-28(2)18-29-11-16-37-28/h3-6,9-10,17,29H,7-8,11-16,18-19H2,1-2H3,(H,32,33). The van der Waals surface area contributed by atoms with Gasteiger partial charge in [0.2, 0.25) is 5.91 Å². The number of rotatable bonds is 6. The number of ether oxygens (including phenoxy) is 1. The van der Waals surface area contributed by atoms with E-state index < -0.39 is 0 Å². The second kappa shape index (κ2) is 9.54. The molecule has 1 unspecified atom stereocenters. The second-order valence-electron chi connectivity index (χ2n) is 11.0. The lowest BCUT2D eigenvalue weighted by molar-refractivity contribution is -0.136. The van der Waals surface area contributed by atoms with Gasteiger partial charge >= 0.3 is 0 Å². The van der Waals surface area contributed by atoms with Gasteiger partial charge in [0, 0.05) is 74.9 Å². The summed E-state index contributed by atoms with van der Waals surface area (Å²) in [5, 5.41) is 6.88. The number of morpholine rings is 1. The molecule has 0 spiro atoms. The van der Waals surface area contributed by atoms with Crippen LogP contribution in [-0.2, 0) is 9.53 Å². The number of fused-ring (bicyclic) bond motifs is 1. The van der Waals surface area contributed by atoms with Crippen molar-refractivity contribution in [2.24, 2.45) is 5.41 Å². The molecule has 1 aromatic carbocycles. The molecule has 3 aromatic rings. The predicted molar refractivity (Wildman–Crippen MR) is 145 cm³/mol. The van der Waals surface area contributed by atoms with E-state index >= 15 is 0 Å². The Hall–Kier alpha value is -3.30. The first-order chi connectivity index (χ1) is 17.9. The van der Waals surface area contributed by atoms with Crippen LogP contribution in [-0.4, -0.2) is 83.8 Å². The van der Waals surface area contributed by atoms with Crippen LogP contribution in [0.2, 0.25) is 0 Å². The van der Waals surface area contributed by atoms with Gasteiger partial charge in [0.15, 0.2) is 5.82 Å². The van der Waals surface area contributed by atoms with Gasteiger partial charge in [-0.1, -0.05) is 19.1 Å². The summed E-state index contributed by atoms with van der Waals surface area (Å²) in [6, 6.07) is 10.5. The largest absolute Gasteiger partial charge is 0.371 e. The molecule has 9 heteroatoms. The maximum absolute atomic E-state index is 12.7. The maximum Gasteiger partial charge on any atom is 0.228 e. The SMILES string of the molecule is CC1(CNc2nc(-c3ccc(N4CCN(C(=O)C5(C)CC5)CC4)cc3)cc3nccnc23)CNCCO1. The molecule has 1 amide bonds. The van der Waals surface area contributed by atoms with Crippen LogP contribution in [0.15, 0.2) is 42.7 Å². The number of carbonyl (C=O) groups is 1. The number of piperazine rings is 1. The third kappa shape index (κ3) is 4.98. The van der Waals surface area contributed by atoms with E-state index in [9.17, 15) is 4.79 Å². The van der Waals surface area contributed by atoms with Crippen LogP contribution in [0.1, 0.15) is 26.7 Å². The van der Waals surface area contributed by atoms with Gasteiger partial charge in [0.1, 0.15) is 5.52 Å². The van der Waals surface area contributed by atoms with Gasteiger partial charge in [0.25, 0.3) is 0 Å². The molecule has 37 heavy (non-hydrogen) atoms. The van der Waals surface area contributed by atoms with E-state index in [2.05, 4.69) is 63.6 Å². The minimum Gasteiger partial charge on any atom is -0.371 e. The highest BCUT2D eigenvalue weighted by atomic mass is 16.5. The topological polar surface area (TPSA) is 95.5 Å². The van der Waals surface area contributed by atoms with E-state index in [0.29, 0.717) is 24.9 Å². The summed E-state index contributed by atoms with van der Waals surface area (Å²) in [5.41, 5.74) is 4.20. The number of nitrogens with one attached hydrogen (secondary N) is 2. The molecule has 9 nitrogen and oxygen atoms in total. The van der Waals surface area contributed by atoms with E-state index in [0.717, 1.165) is 74.4 Å². The molecule has 2 aromatic heterocycles. The van der Waals surface area contributed by atoms with Crippen LogP contribution in [0, 0.1) is 5.41 Å². The smallest absolute Gasteiger partial charge is 0.228 e. The molecule has 4 heterocycles. The highest BCUT2D eigenvalue weighted by Crippen LogP contribution is 2.46. The maximum atomic E-state index is 12.7. The number of hydrogen-bond acceptors (Lipinski definition) is 8. The number of anilines is 2. The predicted octanol–water partition coefficient (Wildman–Crippen LogP) is 2.93. The zero-order chi connectivity index (χ0) is 25.5. The van der Waals surface area contributed by atoms with E-state index in [1.54, 1.807) is 12.4 Å². The molecule has 1 saturated carbocycles. The highest BCUT2D eigenvalue weighted by Gasteiger charge is 2.47. The van der Waals surface area contributed by atoms with Crippen molar-refractivity contribution < 1.29 is 9.53 Å². The molecule has 0 radical (unpaired) electrons. The van der Waals surface area contributed by atoms with E-state index in [4.69, 9.17) is 9.72 Å². The van der Waals surface area contributed by atoms with Crippen LogP contribution in [0.25, 0.3) is 22.3 Å². The number of amides is 1. The summed E-state index contributed by atoms with van der Waals surface area (Å²) in [5.74, 6) is 1.04. The first-order valence-electron chi connectivity index (χ1n) is 13.3. The summed E-state index contributed by atoms with van der Waals surface area (Å²) >= 11 is 0. The van der Waals surface area contributed by atoms with Crippen molar-refractivity contribution in [2.75, 3.05) is 62.6 Å². The molecule has 3 aliphatic rings. The number of carbonyl (C=O) groups excluding carboxylic acids is 1. The fraction of sp³-hybridized carbons (Fsp3) is 0.500. The molecule has 1 atom stereocenters. The first-order valence-corrected chi connectivity index (χ1v) is 13.3. The Bertz CT molecular complexity index is 1280. The quantitative estimate of drug-likeness (QED) is 0.532. The van der Waals surface area contributed by atoms with Gasteiger partial charge in [-0.15, -0.1) is 0 Å². The van der Waals surface area contributed by atoms with Crippen molar-refractivity contribution in [3.8, 4) is 11.3 Å². The van der Waals surface area contributed by atoms with Crippen LogP contribution >= 0.6 is 0 Å². The third-order valence-corrected chi connectivity index (χ3v) is 7.93. The highest BCUT2D eigenvalue weighted by molar-refractivity contribution is 5.88. The molecule has 6 rings (SSSR count). The van der Waals surface area contributed by atoms with Gasteiger partial charge in [-0.2, -0.15) is 0 Å². The monoisotopic (exact) mass is 501 g/mol. The summed E-state index contributed by atoms with van der Waals surface area (Å²) in [4.78, 5) is 31.1. The zero-order valence-electron chi connectivity index (χ0n) is 21.7. The van der Waals surface area contributed by atoms with Gasteiger partial charge < -0.3 is 25.2 Å². The van der Waals surface area contributed by atoms with Crippen molar-refractivity contribution in [1.82, 2.24) is 25.2 Å². The Labute approximate surface area is 217 Å². The third-order valence-electron chi connectivity index (χ3n) is 7.93. The molecule has 0 bridgehead atoms. The van der Waals surface area contributed by atoms with E-state index in [-0.39, 0.29) is 11.0 Å². The van der Waals surface area contributed by atoms with Crippen LogP contribution < -0.4 is 15.5 Å². The summed E-state index contributed by atoms with van der Waals surface area (Å²) in [6.45, 7) is 10.5. The summed E-state index contributed by atoms with van der Waals surface area (Å²) < 4.78 is 6.01. The average Bonchev–Trinajstić information content (AvgIpc) is 3.70. The Morgan fingerprint density at radius 2 is 1.84 bits per heavy atom. The lowest BCUT2D eigenvalue weighted by Gasteiger charge is -2.37. The van der Waals surface area contributed by atoms with Gasteiger partial charge in [-0.25, -0.2) is 9.97 Å².